The zero-order valence-corrected chi connectivity index (χ0v) is 19.4. The lowest BCUT2D eigenvalue weighted by molar-refractivity contribution is -0.141. The van der Waals surface area contributed by atoms with Crippen LogP contribution in [0.3, 0.4) is 0 Å². The lowest BCUT2D eigenvalue weighted by atomic mass is 10.1. The van der Waals surface area contributed by atoms with Crippen LogP contribution in [0.2, 0.25) is 15.2 Å². The van der Waals surface area contributed by atoms with Gasteiger partial charge in [0.2, 0.25) is 5.89 Å². The quantitative estimate of drug-likeness (QED) is 0.148. The van der Waals surface area contributed by atoms with Crippen molar-refractivity contribution in [2.24, 2.45) is 0 Å². The summed E-state index contributed by atoms with van der Waals surface area (Å²) in [4.78, 5) is 3.31. The Hall–Kier alpha value is -3.32. The van der Waals surface area contributed by atoms with E-state index in [9.17, 15) is 13.2 Å². The van der Waals surface area contributed by atoms with Gasteiger partial charge in [-0.2, -0.15) is 13.2 Å². The molecule has 2 aromatic carbocycles. The Kier molecular flexibility index (Phi) is 6.90. The number of hydrogen-bond acceptors (Lipinski definition) is 5. The zero-order valence-electron chi connectivity index (χ0n) is 17.1. The van der Waals surface area contributed by atoms with Crippen LogP contribution in [0.4, 0.5) is 17.6 Å². The van der Waals surface area contributed by atoms with Gasteiger partial charge in [-0.15, -0.1) is 16.6 Å². The molecule has 35 heavy (non-hydrogen) atoms. The summed E-state index contributed by atoms with van der Waals surface area (Å²) in [5, 5.41) is 7.37. The smallest absolute Gasteiger partial charge is 0.433 e. The third kappa shape index (κ3) is 5.51. The molecule has 0 N–H and O–H groups in total. The highest BCUT2D eigenvalue weighted by atomic mass is 35.5. The van der Waals surface area contributed by atoms with E-state index in [1.54, 1.807) is 0 Å². The van der Waals surface area contributed by atoms with E-state index in [0.29, 0.717) is 5.56 Å². The minimum absolute atomic E-state index is 0.00992. The van der Waals surface area contributed by atoms with Gasteiger partial charge in [0.05, 0.1) is 17.0 Å². The average molecular weight is 543 g/mol. The van der Waals surface area contributed by atoms with Crippen LogP contribution in [0.25, 0.3) is 11.5 Å². The summed E-state index contributed by atoms with van der Waals surface area (Å²) in [5.74, 6) is 1.29. The first kappa shape index (κ1) is 24.8. The van der Waals surface area contributed by atoms with E-state index in [-0.39, 0.29) is 50.9 Å². The van der Waals surface area contributed by atoms with Gasteiger partial charge in [-0.1, -0.05) is 46.8 Å². The first-order chi connectivity index (χ1) is 16.5. The van der Waals surface area contributed by atoms with Crippen molar-refractivity contribution in [2.75, 3.05) is 0 Å². The third-order valence-electron chi connectivity index (χ3n) is 4.57. The van der Waals surface area contributed by atoms with Gasteiger partial charge in [0.15, 0.2) is 11.6 Å². The van der Waals surface area contributed by atoms with Crippen molar-refractivity contribution in [1.82, 2.24) is 15.2 Å². The van der Waals surface area contributed by atoms with Crippen molar-refractivity contribution in [3.8, 4) is 35.3 Å². The van der Waals surface area contributed by atoms with Crippen LogP contribution >= 0.6 is 34.8 Å². The number of benzene rings is 2. The predicted molar refractivity (Wildman–Crippen MR) is 121 cm³/mol. The lowest BCUT2D eigenvalue weighted by Crippen LogP contribution is -2.08. The molecule has 0 spiro atoms. The van der Waals surface area contributed by atoms with Gasteiger partial charge in [-0.25, -0.2) is 9.37 Å². The van der Waals surface area contributed by atoms with Gasteiger partial charge < -0.3 is 9.15 Å². The van der Waals surface area contributed by atoms with Crippen molar-refractivity contribution >= 4 is 34.8 Å². The van der Waals surface area contributed by atoms with Crippen molar-refractivity contribution in [3.63, 3.8) is 0 Å². The van der Waals surface area contributed by atoms with Gasteiger partial charge in [-0.3, -0.25) is 0 Å². The molecular formula is C23H10Cl3F4N3O2. The second-order valence-electron chi connectivity index (χ2n) is 6.98. The second-order valence-corrected chi connectivity index (χ2v) is 8.18. The van der Waals surface area contributed by atoms with Gasteiger partial charge >= 0.3 is 6.18 Å². The van der Waals surface area contributed by atoms with Crippen molar-refractivity contribution in [2.45, 2.75) is 12.6 Å². The molecule has 0 atom stereocenters. The van der Waals surface area contributed by atoms with Crippen LogP contribution in [0.5, 0.6) is 11.5 Å². The average Bonchev–Trinajstić information content (AvgIpc) is 3.25. The molecule has 2 heterocycles. The van der Waals surface area contributed by atoms with Crippen molar-refractivity contribution in [1.29, 1.82) is 0 Å². The van der Waals surface area contributed by atoms with E-state index in [4.69, 9.17) is 50.4 Å². The molecule has 5 nitrogen and oxygen atoms in total. The number of alkyl halides is 3. The highest BCUT2D eigenvalue weighted by molar-refractivity contribution is 6.32. The number of aromatic nitrogens is 3. The molecule has 0 aliphatic carbocycles. The largest absolute Gasteiger partial charge is 0.453 e. The minimum atomic E-state index is -4.67. The number of nitrogens with zero attached hydrogens (tertiary/aromatic N) is 3. The maximum absolute atomic E-state index is 15.2. The maximum atomic E-state index is 15.2. The van der Waals surface area contributed by atoms with E-state index in [0.717, 1.165) is 12.1 Å². The molecular weight excluding hydrogens is 533 g/mol. The molecule has 12 heteroatoms. The molecule has 0 unspecified atom stereocenters. The van der Waals surface area contributed by atoms with Gasteiger partial charge in [0.1, 0.15) is 16.6 Å². The Morgan fingerprint density at radius 3 is 2.49 bits per heavy atom. The molecule has 2 aromatic heterocycles. The van der Waals surface area contributed by atoms with E-state index in [2.05, 4.69) is 21.1 Å². The number of halogens is 7. The van der Waals surface area contributed by atoms with E-state index < -0.39 is 22.8 Å². The summed E-state index contributed by atoms with van der Waals surface area (Å²) in [6.07, 6.45) is 0.538. The third-order valence-corrected chi connectivity index (χ3v) is 5.37. The Bertz CT molecular complexity index is 1470. The molecule has 0 radical (unpaired) electrons. The Labute approximate surface area is 210 Å². The normalized spacial score (nSPS) is 11.4. The SMILES string of the molecule is C#Cc1cc(Cl)cc(Oc2c(Cl)ccc(Cc3nnc(-c4ccc(C(F)(F)F)nc4Cl)o3)c2F)c1. The summed E-state index contributed by atoms with van der Waals surface area (Å²) in [7, 11) is 0. The number of terminal acetylenes is 1. The molecule has 0 saturated carbocycles. The number of pyridine rings is 1. The van der Waals surface area contributed by atoms with Crippen molar-refractivity contribution < 1.29 is 26.7 Å². The molecule has 0 aliphatic rings. The lowest BCUT2D eigenvalue weighted by Gasteiger charge is -2.12. The number of hydrogen-bond donors (Lipinski definition) is 0. The molecule has 0 fully saturated rings. The Morgan fingerprint density at radius 2 is 1.80 bits per heavy atom. The highest BCUT2D eigenvalue weighted by Gasteiger charge is 2.33. The fraction of sp³-hybridized carbons (Fsp3) is 0.0870. The van der Waals surface area contributed by atoms with Crippen LogP contribution in [-0.4, -0.2) is 15.2 Å². The standard InChI is InChI=1S/C23H10Cl3F4N3O2/c1-2-11-7-13(24)10-14(8-11)34-20-16(25)5-3-12(19(20)27)9-18-32-33-22(35-18)15-4-6-17(23(28,29)30)31-21(15)26/h1,3-8,10H,9H2. The molecule has 0 bridgehead atoms. The van der Waals surface area contributed by atoms with Crippen LogP contribution in [0.1, 0.15) is 22.7 Å². The fourth-order valence-electron chi connectivity index (χ4n) is 2.97. The summed E-state index contributed by atoms with van der Waals surface area (Å²) < 4.78 is 64.7. The van der Waals surface area contributed by atoms with Crippen LogP contribution in [0, 0.1) is 18.2 Å². The zero-order chi connectivity index (χ0) is 25.3. The molecule has 0 aliphatic heterocycles. The highest BCUT2D eigenvalue weighted by Crippen LogP contribution is 2.36. The topological polar surface area (TPSA) is 61.0 Å². The number of ether oxygens (including phenoxy) is 1. The fourth-order valence-corrected chi connectivity index (χ4v) is 3.62. The Balaban J connectivity index is 1.60. The Morgan fingerprint density at radius 1 is 1.03 bits per heavy atom. The second kappa shape index (κ2) is 9.74. The summed E-state index contributed by atoms with van der Waals surface area (Å²) in [6.45, 7) is 0. The minimum Gasteiger partial charge on any atom is -0.453 e. The maximum Gasteiger partial charge on any atom is 0.433 e. The first-order valence-corrected chi connectivity index (χ1v) is 10.7. The van der Waals surface area contributed by atoms with E-state index in [1.807, 2.05) is 0 Å². The summed E-state index contributed by atoms with van der Waals surface area (Å²) >= 11 is 18.0. The van der Waals surface area contributed by atoms with Crippen molar-refractivity contribution in [3.05, 3.63) is 86.2 Å². The van der Waals surface area contributed by atoms with E-state index in [1.165, 1.54) is 30.3 Å². The van der Waals surface area contributed by atoms with Crippen LogP contribution < -0.4 is 4.74 Å². The number of rotatable bonds is 5. The van der Waals surface area contributed by atoms with Crippen LogP contribution in [-0.2, 0) is 12.6 Å². The van der Waals surface area contributed by atoms with Gasteiger partial charge in [0.25, 0.3) is 5.89 Å². The first-order valence-electron chi connectivity index (χ1n) is 9.53. The van der Waals surface area contributed by atoms with Crippen LogP contribution in [0.15, 0.2) is 46.9 Å². The molecule has 178 valence electrons. The molecule has 0 saturated heterocycles. The summed E-state index contributed by atoms with van der Waals surface area (Å²) in [6, 6.07) is 9.06. The van der Waals surface area contributed by atoms with E-state index >= 15 is 4.39 Å². The summed E-state index contributed by atoms with van der Waals surface area (Å²) in [5.41, 5.74) is -0.662. The van der Waals surface area contributed by atoms with Gasteiger partial charge in [0, 0.05) is 16.1 Å². The predicted octanol–water partition coefficient (Wildman–Crippen LogP) is 7.61. The monoisotopic (exact) mass is 541 g/mol. The molecule has 0 amide bonds. The van der Waals surface area contributed by atoms with Gasteiger partial charge in [-0.05, 0) is 36.4 Å². The molecule has 4 rings (SSSR count). The molecule has 4 aromatic rings.